The Morgan fingerprint density at radius 3 is 2.45 bits per heavy atom. The summed E-state index contributed by atoms with van der Waals surface area (Å²) >= 11 is 0. The van der Waals surface area contributed by atoms with Crippen molar-refractivity contribution in [3.8, 4) is 0 Å². The van der Waals surface area contributed by atoms with Crippen LogP contribution in [0.2, 0.25) is 0 Å². The Morgan fingerprint density at radius 1 is 1.25 bits per heavy atom. The van der Waals surface area contributed by atoms with Gasteiger partial charge in [0.15, 0.2) is 9.84 Å². The average molecular weight is 299 g/mol. The molecule has 0 saturated heterocycles. The molecule has 1 aromatic rings. The topological polar surface area (TPSA) is 74.7 Å². The Bertz CT molecular complexity index is 513. The van der Waals surface area contributed by atoms with Gasteiger partial charge in [-0.25, -0.2) is 8.42 Å². The molecule has 0 aromatic heterocycles. The summed E-state index contributed by atoms with van der Waals surface area (Å²) in [6.45, 7) is 2.83. The van der Waals surface area contributed by atoms with Gasteiger partial charge in [-0.15, -0.1) is 0 Å². The van der Waals surface area contributed by atoms with Gasteiger partial charge in [0, 0.05) is 26.1 Å². The van der Waals surface area contributed by atoms with E-state index in [4.69, 9.17) is 5.11 Å². The minimum absolute atomic E-state index is 0.0199. The minimum atomic E-state index is -3.41. The third-order valence-electron chi connectivity index (χ3n) is 3.01. The second-order valence-electron chi connectivity index (χ2n) is 4.43. The molecular formula is C14H21NO4S. The van der Waals surface area contributed by atoms with Crippen LogP contribution in [0, 0.1) is 0 Å². The van der Waals surface area contributed by atoms with Crippen molar-refractivity contribution in [1.82, 2.24) is 4.90 Å². The molecular weight excluding hydrogens is 278 g/mol. The van der Waals surface area contributed by atoms with Crippen molar-refractivity contribution < 1.29 is 18.3 Å². The zero-order chi connectivity index (χ0) is 15.0. The van der Waals surface area contributed by atoms with E-state index in [1.807, 2.05) is 6.92 Å². The Morgan fingerprint density at radius 2 is 1.90 bits per heavy atom. The first-order chi connectivity index (χ1) is 9.51. The van der Waals surface area contributed by atoms with E-state index in [1.165, 1.54) is 12.1 Å². The molecule has 0 spiro atoms. The van der Waals surface area contributed by atoms with E-state index < -0.39 is 9.84 Å². The molecule has 20 heavy (non-hydrogen) atoms. The van der Waals surface area contributed by atoms with Crippen LogP contribution in [-0.2, 0) is 14.6 Å². The maximum Gasteiger partial charge on any atom is 0.223 e. The minimum Gasteiger partial charge on any atom is -0.396 e. The average Bonchev–Trinajstić information content (AvgIpc) is 2.47. The number of rotatable bonds is 8. The summed E-state index contributed by atoms with van der Waals surface area (Å²) < 4.78 is 24.1. The van der Waals surface area contributed by atoms with Gasteiger partial charge in [0.1, 0.15) is 0 Å². The lowest BCUT2D eigenvalue weighted by atomic mass is 10.3. The molecule has 0 saturated carbocycles. The van der Waals surface area contributed by atoms with Gasteiger partial charge in [-0.05, 0) is 25.5 Å². The van der Waals surface area contributed by atoms with Crippen LogP contribution in [0.4, 0.5) is 0 Å². The molecule has 0 heterocycles. The SMILES string of the molecule is CCN(CCCO)C(=O)CCS(=O)(=O)c1ccccc1. The molecule has 6 heteroatoms. The number of carbonyl (C=O) groups is 1. The Labute approximate surface area is 120 Å². The van der Waals surface area contributed by atoms with Gasteiger partial charge < -0.3 is 10.0 Å². The van der Waals surface area contributed by atoms with Crippen LogP contribution in [0.1, 0.15) is 19.8 Å². The fourth-order valence-corrected chi connectivity index (χ4v) is 3.10. The molecule has 0 radical (unpaired) electrons. The predicted molar refractivity (Wildman–Crippen MR) is 77.1 cm³/mol. The van der Waals surface area contributed by atoms with Crippen LogP contribution < -0.4 is 0 Å². The van der Waals surface area contributed by atoms with E-state index in [0.29, 0.717) is 19.5 Å². The highest BCUT2D eigenvalue weighted by Gasteiger charge is 2.18. The van der Waals surface area contributed by atoms with E-state index in [9.17, 15) is 13.2 Å². The molecule has 0 aliphatic carbocycles. The first kappa shape index (κ1) is 16.7. The van der Waals surface area contributed by atoms with E-state index in [0.717, 1.165) is 0 Å². The quantitative estimate of drug-likeness (QED) is 0.779. The molecule has 0 aliphatic heterocycles. The number of hydrogen-bond donors (Lipinski definition) is 1. The second kappa shape index (κ2) is 8.01. The summed E-state index contributed by atoms with van der Waals surface area (Å²) in [5.74, 6) is -0.383. The summed E-state index contributed by atoms with van der Waals surface area (Å²) in [7, 11) is -3.41. The van der Waals surface area contributed by atoms with Gasteiger partial charge in [0.2, 0.25) is 5.91 Å². The van der Waals surface area contributed by atoms with Crippen molar-refractivity contribution in [2.75, 3.05) is 25.4 Å². The molecule has 0 aliphatic rings. The lowest BCUT2D eigenvalue weighted by Crippen LogP contribution is -2.33. The molecule has 0 bridgehead atoms. The van der Waals surface area contributed by atoms with Gasteiger partial charge in [0.05, 0.1) is 10.6 Å². The first-order valence-electron chi connectivity index (χ1n) is 6.67. The molecule has 112 valence electrons. The third-order valence-corrected chi connectivity index (χ3v) is 4.74. The lowest BCUT2D eigenvalue weighted by molar-refractivity contribution is -0.130. The van der Waals surface area contributed by atoms with Crippen LogP contribution in [0.3, 0.4) is 0 Å². The van der Waals surface area contributed by atoms with Gasteiger partial charge in [-0.1, -0.05) is 18.2 Å². The molecule has 1 N–H and O–H groups in total. The van der Waals surface area contributed by atoms with Crippen molar-refractivity contribution in [2.24, 2.45) is 0 Å². The summed E-state index contributed by atoms with van der Waals surface area (Å²) in [5, 5.41) is 8.77. The number of nitrogens with zero attached hydrogens (tertiary/aromatic N) is 1. The second-order valence-corrected chi connectivity index (χ2v) is 6.54. The summed E-state index contributed by atoms with van der Waals surface area (Å²) in [6, 6.07) is 8.13. The molecule has 0 atom stereocenters. The van der Waals surface area contributed by atoms with E-state index in [2.05, 4.69) is 0 Å². The monoisotopic (exact) mass is 299 g/mol. The maximum atomic E-state index is 12.1. The van der Waals surface area contributed by atoms with Gasteiger partial charge >= 0.3 is 0 Å². The van der Waals surface area contributed by atoms with Crippen molar-refractivity contribution in [3.05, 3.63) is 30.3 Å². The Balaban J connectivity index is 2.59. The van der Waals surface area contributed by atoms with Crippen LogP contribution in [0.25, 0.3) is 0 Å². The van der Waals surface area contributed by atoms with Crippen molar-refractivity contribution >= 4 is 15.7 Å². The van der Waals surface area contributed by atoms with E-state index in [-0.39, 0.29) is 29.6 Å². The number of sulfone groups is 1. The lowest BCUT2D eigenvalue weighted by Gasteiger charge is -2.20. The Kier molecular flexibility index (Phi) is 6.67. The predicted octanol–water partition coefficient (Wildman–Crippen LogP) is 1.08. The molecule has 1 rings (SSSR count). The largest absolute Gasteiger partial charge is 0.396 e. The van der Waals surface area contributed by atoms with Crippen LogP contribution >= 0.6 is 0 Å². The van der Waals surface area contributed by atoms with Gasteiger partial charge in [0.25, 0.3) is 0 Å². The summed E-state index contributed by atoms with van der Waals surface area (Å²) in [6.07, 6.45) is 0.474. The van der Waals surface area contributed by atoms with Gasteiger partial charge in [-0.3, -0.25) is 4.79 Å². The number of amides is 1. The zero-order valence-corrected chi connectivity index (χ0v) is 12.5. The highest BCUT2D eigenvalue weighted by atomic mass is 32.2. The fourth-order valence-electron chi connectivity index (χ4n) is 1.85. The normalized spacial score (nSPS) is 11.3. The molecule has 5 nitrogen and oxygen atoms in total. The summed E-state index contributed by atoms with van der Waals surface area (Å²) in [5.41, 5.74) is 0. The number of aliphatic hydroxyl groups is 1. The maximum absolute atomic E-state index is 12.1. The van der Waals surface area contributed by atoms with Crippen LogP contribution in [0.15, 0.2) is 35.2 Å². The van der Waals surface area contributed by atoms with Crippen LogP contribution in [0.5, 0.6) is 0 Å². The number of benzene rings is 1. The molecule has 1 aromatic carbocycles. The van der Waals surface area contributed by atoms with Gasteiger partial charge in [-0.2, -0.15) is 0 Å². The summed E-state index contributed by atoms with van der Waals surface area (Å²) in [4.78, 5) is 13.7. The third kappa shape index (κ3) is 4.94. The van der Waals surface area contributed by atoms with E-state index >= 15 is 0 Å². The first-order valence-corrected chi connectivity index (χ1v) is 8.33. The highest BCUT2D eigenvalue weighted by molar-refractivity contribution is 7.91. The molecule has 1 amide bonds. The zero-order valence-electron chi connectivity index (χ0n) is 11.7. The highest BCUT2D eigenvalue weighted by Crippen LogP contribution is 2.11. The van der Waals surface area contributed by atoms with Crippen molar-refractivity contribution in [2.45, 2.75) is 24.7 Å². The molecule has 0 fully saturated rings. The standard InChI is InChI=1S/C14H21NO4S/c1-2-15(10-6-11-16)14(17)9-12-20(18,19)13-7-4-3-5-8-13/h3-5,7-8,16H,2,6,9-12H2,1H3. The van der Waals surface area contributed by atoms with Crippen molar-refractivity contribution in [3.63, 3.8) is 0 Å². The Hall–Kier alpha value is -1.40. The van der Waals surface area contributed by atoms with E-state index in [1.54, 1.807) is 23.1 Å². The fraction of sp³-hybridized carbons (Fsp3) is 0.500. The smallest absolute Gasteiger partial charge is 0.223 e. The number of hydrogen-bond acceptors (Lipinski definition) is 4. The number of carbonyl (C=O) groups excluding carboxylic acids is 1. The molecule has 0 unspecified atom stereocenters. The van der Waals surface area contributed by atoms with Crippen LogP contribution in [-0.4, -0.2) is 49.8 Å². The van der Waals surface area contributed by atoms with Crippen molar-refractivity contribution in [1.29, 1.82) is 0 Å². The number of aliphatic hydroxyl groups excluding tert-OH is 1.